The maximum absolute atomic E-state index is 12.4. The highest BCUT2D eigenvalue weighted by Gasteiger charge is 2.24. The van der Waals surface area contributed by atoms with Crippen LogP contribution in [-0.4, -0.2) is 32.2 Å². The molecule has 0 N–H and O–H groups in total. The third kappa shape index (κ3) is 5.41. The number of esters is 1. The van der Waals surface area contributed by atoms with Crippen LogP contribution < -0.4 is 14.2 Å². The Balaban J connectivity index is 1.49. The number of rotatable bonds is 8. The zero-order valence-corrected chi connectivity index (χ0v) is 18.8. The van der Waals surface area contributed by atoms with Gasteiger partial charge in [0.15, 0.2) is 5.70 Å². The Morgan fingerprint density at radius 2 is 1.64 bits per heavy atom. The number of methoxy groups -OCH3 is 1. The second-order valence-corrected chi connectivity index (χ2v) is 7.55. The van der Waals surface area contributed by atoms with Crippen LogP contribution in [-0.2, 0) is 9.53 Å². The first-order chi connectivity index (χ1) is 16.0. The monoisotopic (exact) mass is 443 g/mol. The fourth-order valence-corrected chi connectivity index (χ4v) is 3.27. The van der Waals surface area contributed by atoms with Gasteiger partial charge in [0, 0.05) is 11.1 Å². The number of nitrogens with zero attached hydrogens (tertiary/aromatic N) is 1. The number of aryl methyl sites for hydroxylation is 2. The molecule has 3 aromatic rings. The molecular formula is C27H25NO5. The van der Waals surface area contributed by atoms with E-state index in [0.717, 1.165) is 11.3 Å². The van der Waals surface area contributed by atoms with Gasteiger partial charge in [-0.15, -0.1) is 0 Å². The summed E-state index contributed by atoms with van der Waals surface area (Å²) in [7, 11) is 1.58. The first-order valence-corrected chi connectivity index (χ1v) is 10.6. The van der Waals surface area contributed by atoms with Crippen LogP contribution in [0, 0.1) is 13.8 Å². The number of hydrogen-bond acceptors (Lipinski definition) is 6. The van der Waals surface area contributed by atoms with Gasteiger partial charge in [-0.25, -0.2) is 9.79 Å². The quantitative estimate of drug-likeness (QED) is 0.275. The molecule has 4 rings (SSSR count). The molecule has 0 radical (unpaired) electrons. The van der Waals surface area contributed by atoms with E-state index in [1.807, 2.05) is 48.5 Å². The van der Waals surface area contributed by atoms with Crippen molar-refractivity contribution in [2.24, 2.45) is 4.99 Å². The zero-order valence-electron chi connectivity index (χ0n) is 18.8. The van der Waals surface area contributed by atoms with E-state index < -0.39 is 5.97 Å². The van der Waals surface area contributed by atoms with Gasteiger partial charge in [0.2, 0.25) is 5.90 Å². The summed E-state index contributed by atoms with van der Waals surface area (Å²) in [4.78, 5) is 16.8. The van der Waals surface area contributed by atoms with E-state index in [2.05, 4.69) is 18.8 Å². The van der Waals surface area contributed by atoms with Crippen molar-refractivity contribution in [3.05, 3.63) is 94.7 Å². The molecule has 0 unspecified atom stereocenters. The van der Waals surface area contributed by atoms with Crippen LogP contribution in [0.15, 0.2) is 77.4 Å². The number of hydrogen-bond donors (Lipinski definition) is 0. The Hall–Kier alpha value is -4.06. The topological polar surface area (TPSA) is 66.3 Å². The first-order valence-electron chi connectivity index (χ1n) is 10.6. The van der Waals surface area contributed by atoms with Crippen molar-refractivity contribution in [1.29, 1.82) is 0 Å². The van der Waals surface area contributed by atoms with Crippen molar-refractivity contribution in [1.82, 2.24) is 0 Å². The van der Waals surface area contributed by atoms with E-state index in [1.54, 1.807) is 31.4 Å². The number of cyclic esters (lactones) is 1. The van der Waals surface area contributed by atoms with Crippen molar-refractivity contribution >= 4 is 17.9 Å². The van der Waals surface area contributed by atoms with E-state index in [9.17, 15) is 4.79 Å². The summed E-state index contributed by atoms with van der Waals surface area (Å²) in [5.41, 5.74) is 3.98. The lowest BCUT2D eigenvalue weighted by Gasteiger charge is -2.12. The number of carbonyl (C=O) groups excluding carboxylic acids is 1. The van der Waals surface area contributed by atoms with E-state index in [-0.39, 0.29) is 11.6 Å². The molecular weight excluding hydrogens is 418 g/mol. The molecule has 0 amide bonds. The van der Waals surface area contributed by atoms with Crippen molar-refractivity contribution in [3.63, 3.8) is 0 Å². The summed E-state index contributed by atoms with van der Waals surface area (Å²) in [6, 6.07) is 20.7. The summed E-state index contributed by atoms with van der Waals surface area (Å²) in [6.45, 7) is 4.83. The molecule has 33 heavy (non-hydrogen) atoms. The average Bonchev–Trinajstić information content (AvgIpc) is 3.20. The van der Waals surface area contributed by atoms with Gasteiger partial charge in [-0.05, 0) is 73.5 Å². The SMILES string of the molecule is COc1ccc(OCCOc2ccc(C)c(C)c2)c(/C=C2/N=C(c3ccccc3)OC2=O)c1. The molecule has 6 nitrogen and oxygen atoms in total. The van der Waals surface area contributed by atoms with Crippen molar-refractivity contribution in [3.8, 4) is 17.2 Å². The van der Waals surface area contributed by atoms with E-state index in [0.29, 0.717) is 30.3 Å². The molecule has 168 valence electrons. The van der Waals surface area contributed by atoms with Gasteiger partial charge in [0.05, 0.1) is 7.11 Å². The van der Waals surface area contributed by atoms with Crippen molar-refractivity contribution < 1.29 is 23.7 Å². The summed E-state index contributed by atoms with van der Waals surface area (Å²) < 4.78 is 22.4. The second-order valence-electron chi connectivity index (χ2n) is 7.55. The van der Waals surface area contributed by atoms with Crippen LogP contribution >= 0.6 is 0 Å². The summed E-state index contributed by atoms with van der Waals surface area (Å²) in [6.07, 6.45) is 1.64. The lowest BCUT2D eigenvalue weighted by Crippen LogP contribution is -2.10. The molecule has 0 fully saturated rings. The van der Waals surface area contributed by atoms with Gasteiger partial charge in [-0.2, -0.15) is 0 Å². The minimum Gasteiger partial charge on any atom is -0.497 e. The van der Waals surface area contributed by atoms with Gasteiger partial charge in [-0.1, -0.05) is 24.3 Å². The molecule has 3 aromatic carbocycles. The Morgan fingerprint density at radius 1 is 0.879 bits per heavy atom. The highest BCUT2D eigenvalue weighted by molar-refractivity contribution is 6.12. The smallest absolute Gasteiger partial charge is 0.363 e. The van der Waals surface area contributed by atoms with Gasteiger partial charge in [0.1, 0.15) is 30.5 Å². The van der Waals surface area contributed by atoms with E-state index in [1.165, 1.54) is 11.1 Å². The summed E-state index contributed by atoms with van der Waals surface area (Å²) in [5, 5.41) is 0. The molecule has 6 heteroatoms. The van der Waals surface area contributed by atoms with Gasteiger partial charge < -0.3 is 18.9 Å². The average molecular weight is 443 g/mol. The van der Waals surface area contributed by atoms with Gasteiger partial charge in [-0.3, -0.25) is 0 Å². The Kier molecular flexibility index (Phi) is 6.74. The minimum absolute atomic E-state index is 0.193. The van der Waals surface area contributed by atoms with Crippen LogP contribution in [0.4, 0.5) is 0 Å². The largest absolute Gasteiger partial charge is 0.497 e. The van der Waals surface area contributed by atoms with Crippen LogP contribution in [0.3, 0.4) is 0 Å². The number of ether oxygens (including phenoxy) is 4. The van der Waals surface area contributed by atoms with Crippen LogP contribution in [0.5, 0.6) is 17.2 Å². The molecule has 0 aliphatic carbocycles. The molecule has 1 aliphatic rings. The molecule has 0 aromatic heterocycles. The Labute approximate surface area is 193 Å². The maximum atomic E-state index is 12.4. The lowest BCUT2D eigenvalue weighted by atomic mass is 10.1. The summed E-state index contributed by atoms with van der Waals surface area (Å²) >= 11 is 0. The molecule has 0 bridgehead atoms. The molecule has 0 spiro atoms. The third-order valence-electron chi connectivity index (χ3n) is 5.24. The Bertz CT molecular complexity index is 1210. The molecule has 0 saturated heterocycles. The Morgan fingerprint density at radius 3 is 2.39 bits per heavy atom. The zero-order chi connectivity index (χ0) is 23.2. The highest BCUT2D eigenvalue weighted by atomic mass is 16.6. The normalized spacial score (nSPS) is 14.1. The summed E-state index contributed by atoms with van der Waals surface area (Å²) in [5.74, 6) is 1.79. The molecule has 1 heterocycles. The highest BCUT2D eigenvalue weighted by Crippen LogP contribution is 2.28. The van der Waals surface area contributed by atoms with E-state index >= 15 is 0 Å². The van der Waals surface area contributed by atoms with Gasteiger partial charge in [0.25, 0.3) is 0 Å². The molecule has 0 saturated carbocycles. The number of aliphatic imine (C=N–C) groups is 1. The molecule has 1 aliphatic heterocycles. The second kappa shape index (κ2) is 10.0. The van der Waals surface area contributed by atoms with Crippen LogP contribution in [0.1, 0.15) is 22.3 Å². The van der Waals surface area contributed by atoms with Gasteiger partial charge >= 0.3 is 5.97 Å². The fraction of sp³-hybridized carbons (Fsp3) is 0.185. The first kappa shape index (κ1) is 22.1. The standard InChI is InChI=1S/C27H25NO5/c1-18-9-10-23(15-19(18)2)31-13-14-32-25-12-11-22(30-3)16-21(25)17-24-27(29)33-26(28-24)20-7-5-4-6-8-20/h4-12,15-17H,13-14H2,1-3H3/b24-17+. The predicted octanol–water partition coefficient (Wildman–Crippen LogP) is 5.11. The van der Waals surface area contributed by atoms with Crippen LogP contribution in [0.2, 0.25) is 0 Å². The van der Waals surface area contributed by atoms with Crippen molar-refractivity contribution in [2.45, 2.75) is 13.8 Å². The lowest BCUT2D eigenvalue weighted by molar-refractivity contribution is -0.129. The number of benzene rings is 3. The maximum Gasteiger partial charge on any atom is 0.363 e. The minimum atomic E-state index is -0.513. The van der Waals surface area contributed by atoms with E-state index in [4.69, 9.17) is 18.9 Å². The molecule has 0 atom stereocenters. The fourth-order valence-electron chi connectivity index (χ4n) is 3.27. The third-order valence-corrected chi connectivity index (χ3v) is 5.24. The van der Waals surface area contributed by atoms with Crippen LogP contribution in [0.25, 0.3) is 6.08 Å². The predicted molar refractivity (Wildman–Crippen MR) is 127 cm³/mol. The van der Waals surface area contributed by atoms with Crippen molar-refractivity contribution in [2.75, 3.05) is 20.3 Å². The number of carbonyl (C=O) groups is 1.